The molecule has 146 valence electrons. The molecule has 3 rings (SSSR count). The molecule has 0 bridgehead atoms. The van der Waals surface area contributed by atoms with E-state index in [4.69, 9.17) is 4.74 Å². The van der Waals surface area contributed by atoms with Crippen molar-refractivity contribution in [3.63, 3.8) is 0 Å². The first-order chi connectivity index (χ1) is 12.6. The number of halogens is 1. The van der Waals surface area contributed by atoms with Crippen LogP contribution >= 0.6 is 15.9 Å². The predicted molar refractivity (Wildman–Crippen MR) is 117 cm³/mol. The van der Waals surface area contributed by atoms with Crippen LogP contribution in [-0.2, 0) is 18.4 Å². The molecule has 0 fully saturated rings. The van der Waals surface area contributed by atoms with E-state index in [0.29, 0.717) is 12.1 Å². The zero-order valence-corrected chi connectivity index (χ0v) is 18.9. The molecule has 2 aromatic rings. The average Bonchev–Trinajstić information content (AvgIpc) is 2.58. The molecule has 0 atom stereocenters. The Morgan fingerprint density at radius 3 is 2.37 bits per heavy atom. The molecule has 0 saturated carbocycles. The van der Waals surface area contributed by atoms with Crippen molar-refractivity contribution >= 4 is 15.9 Å². The van der Waals surface area contributed by atoms with Gasteiger partial charge in [-0.3, -0.25) is 4.90 Å². The van der Waals surface area contributed by atoms with Gasteiger partial charge in [-0.15, -0.1) is 0 Å². The van der Waals surface area contributed by atoms with Crippen molar-refractivity contribution in [3.05, 3.63) is 63.6 Å². The van der Waals surface area contributed by atoms with Crippen molar-refractivity contribution in [3.8, 4) is 5.75 Å². The lowest BCUT2D eigenvalue weighted by Gasteiger charge is -2.35. The Morgan fingerprint density at radius 1 is 1.00 bits per heavy atom. The van der Waals surface area contributed by atoms with E-state index < -0.39 is 0 Å². The number of hydrogen-bond donors (Lipinski definition) is 0. The van der Waals surface area contributed by atoms with Gasteiger partial charge in [0.05, 0.1) is 0 Å². The van der Waals surface area contributed by atoms with Gasteiger partial charge in [-0.2, -0.15) is 0 Å². The summed E-state index contributed by atoms with van der Waals surface area (Å²) >= 11 is 3.50. The summed E-state index contributed by atoms with van der Waals surface area (Å²) in [6.07, 6.45) is 2.20. The Hall–Kier alpha value is -1.32. The Kier molecular flexibility index (Phi) is 6.02. The third-order valence-electron chi connectivity index (χ3n) is 5.24. The van der Waals surface area contributed by atoms with Gasteiger partial charge in [-0.1, -0.05) is 74.8 Å². The van der Waals surface area contributed by atoms with Gasteiger partial charge in [0.25, 0.3) is 0 Å². The molecule has 27 heavy (non-hydrogen) atoms. The van der Waals surface area contributed by atoms with Crippen molar-refractivity contribution in [1.29, 1.82) is 0 Å². The molecule has 1 aliphatic heterocycles. The predicted octanol–water partition coefficient (Wildman–Crippen LogP) is 6.56. The fourth-order valence-corrected chi connectivity index (χ4v) is 4.49. The summed E-state index contributed by atoms with van der Waals surface area (Å²) in [7, 11) is 0. The molecule has 0 amide bonds. The molecule has 1 aliphatic rings. The number of fused-ring (bicyclic) bond motifs is 1. The van der Waals surface area contributed by atoms with Crippen LogP contribution in [0.1, 0.15) is 57.7 Å². The normalized spacial score (nSPS) is 15.3. The first kappa shape index (κ1) is 20.4. The van der Waals surface area contributed by atoms with Gasteiger partial charge >= 0.3 is 0 Å². The minimum atomic E-state index is 0.160. The standard InChI is InChI=1S/C24H32BrNO/c1-23(2,3)16-24(4,5)20-8-11-22-19(14-20)15-26(17-27-22)13-12-18-6-9-21(25)10-7-18/h6-11,14H,12-13,15-17H2,1-5H3. The lowest BCUT2D eigenvalue weighted by molar-refractivity contribution is 0.0963. The van der Waals surface area contributed by atoms with Crippen LogP contribution in [0.4, 0.5) is 0 Å². The summed E-state index contributed by atoms with van der Waals surface area (Å²) in [5, 5.41) is 0. The van der Waals surface area contributed by atoms with Crippen molar-refractivity contribution in [2.75, 3.05) is 13.3 Å². The number of ether oxygens (including phenoxy) is 1. The van der Waals surface area contributed by atoms with Gasteiger partial charge in [0.15, 0.2) is 0 Å². The van der Waals surface area contributed by atoms with E-state index in [1.165, 1.54) is 16.7 Å². The highest BCUT2D eigenvalue weighted by Crippen LogP contribution is 2.38. The van der Waals surface area contributed by atoms with Gasteiger partial charge in [0.2, 0.25) is 0 Å². The van der Waals surface area contributed by atoms with E-state index in [2.05, 4.69) is 97.9 Å². The maximum atomic E-state index is 6.03. The molecule has 0 aromatic heterocycles. The summed E-state index contributed by atoms with van der Waals surface area (Å²) in [5.41, 5.74) is 4.56. The van der Waals surface area contributed by atoms with Crippen LogP contribution in [0.15, 0.2) is 46.9 Å². The first-order valence-corrected chi connectivity index (χ1v) is 10.6. The van der Waals surface area contributed by atoms with Gasteiger partial charge < -0.3 is 4.74 Å². The minimum absolute atomic E-state index is 0.160. The summed E-state index contributed by atoms with van der Waals surface area (Å²) < 4.78 is 7.16. The zero-order valence-electron chi connectivity index (χ0n) is 17.3. The molecule has 2 aromatic carbocycles. The molecule has 2 nitrogen and oxygen atoms in total. The fourth-order valence-electron chi connectivity index (χ4n) is 4.22. The third-order valence-corrected chi connectivity index (χ3v) is 5.77. The molecule has 0 radical (unpaired) electrons. The van der Waals surface area contributed by atoms with Crippen molar-refractivity contribution in [2.24, 2.45) is 5.41 Å². The topological polar surface area (TPSA) is 12.5 Å². The maximum Gasteiger partial charge on any atom is 0.142 e. The number of benzene rings is 2. The first-order valence-electron chi connectivity index (χ1n) is 9.85. The van der Waals surface area contributed by atoms with E-state index in [9.17, 15) is 0 Å². The smallest absolute Gasteiger partial charge is 0.142 e. The number of rotatable bonds is 5. The van der Waals surface area contributed by atoms with Crippen LogP contribution < -0.4 is 4.74 Å². The van der Waals surface area contributed by atoms with E-state index in [1.54, 1.807) is 0 Å². The van der Waals surface area contributed by atoms with E-state index in [-0.39, 0.29) is 5.41 Å². The Bertz CT molecular complexity index is 774. The third kappa shape index (κ3) is 5.58. The van der Waals surface area contributed by atoms with Crippen molar-refractivity contribution < 1.29 is 4.74 Å². The Labute approximate surface area is 173 Å². The van der Waals surface area contributed by atoms with Gasteiger partial charge in [-0.25, -0.2) is 0 Å². The van der Waals surface area contributed by atoms with E-state index in [1.807, 2.05) is 0 Å². The molecule has 3 heteroatoms. The highest BCUT2D eigenvalue weighted by molar-refractivity contribution is 9.10. The van der Waals surface area contributed by atoms with Crippen molar-refractivity contribution in [1.82, 2.24) is 4.90 Å². The zero-order chi connectivity index (χ0) is 19.7. The lowest BCUT2D eigenvalue weighted by atomic mass is 9.72. The van der Waals surface area contributed by atoms with Crippen LogP contribution in [0, 0.1) is 5.41 Å². The second-order valence-corrected chi connectivity index (χ2v) is 10.6. The van der Waals surface area contributed by atoms with E-state index >= 15 is 0 Å². The van der Waals surface area contributed by atoms with Crippen LogP contribution in [-0.4, -0.2) is 18.2 Å². The van der Waals surface area contributed by atoms with Crippen LogP contribution in [0.5, 0.6) is 5.75 Å². The Balaban J connectivity index is 1.68. The SMILES string of the molecule is CC(C)(C)CC(C)(C)c1ccc2c(c1)CN(CCc1ccc(Br)cc1)CO2. The molecule has 0 N–H and O–H groups in total. The molecule has 0 spiro atoms. The average molecular weight is 430 g/mol. The van der Waals surface area contributed by atoms with Crippen molar-refractivity contribution in [2.45, 2.75) is 59.4 Å². The molecule has 0 aliphatic carbocycles. The molecular formula is C24H32BrNO. The lowest BCUT2D eigenvalue weighted by Crippen LogP contribution is -2.34. The van der Waals surface area contributed by atoms with Gasteiger partial charge in [0, 0.05) is 23.1 Å². The minimum Gasteiger partial charge on any atom is -0.478 e. The summed E-state index contributed by atoms with van der Waals surface area (Å²) in [5.74, 6) is 1.05. The van der Waals surface area contributed by atoms with Gasteiger partial charge in [-0.05, 0) is 53.0 Å². The van der Waals surface area contributed by atoms with Crippen LogP contribution in [0.2, 0.25) is 0 Å². The summed E-state index contributed by atoms with van der Waals surface area (Å²) in [6.45, 7) is 14.3. The summed E-state index contributed by atoms with van der Waals surface area (Å²) in [6, 6.07) is 15.4. The molecular weight excluding hydrogens is 398 g/mol. The van der Waals surface area contributed by atoms with E-state index in [0.717, 1.165) is 36.2 Å². The highest BCUT2D eigenvalue weighted by atomic mass is 79.9. The highest BCUT2D eigenvalue weighted by Gasteiger charge is 2.28. The quantitative estimate of drug-likeness (QED) is 0.533. The largest absolute Gasteiger partial charge is 0.478 e. The molecule has 0 unspecified atom stereocenters. The van der Waals surface area contributed by atoms with Gasteiger partial charge in [0.1, 0.15) is 12.5 Å². The second-order valence-electron chi connectivity index (χ2n) is 9.65. The maximum absolute atomic E-state index is 6.03. The monoisotopic (exact) mass is 429 g/mol. The summed E-state index contributed by atoms with van der Waals surface area (Å²) in [4.78, 5) is 2.39. The second kappa shape index (κ2) is 7.97. The molecule has 1 heterocycles. The molecule has 0 saturated heterocycles. The Morgan fingerprint density at radius 2 is 1.70 bits per heavy atom. The van der Waals surface area contributed by atoms with Crippen LogP contribution in [0.25, 0.3) is 0 Å². The number of hydrogen-bond acceptors (Lipinski definition) is 2. The fraction of sp³-hybridized carbons (Fsp3) is 0.500. The van der Waals surface area contributed by atoms with Crippen LogP contribution in [0.3, 0.4) is 0 Å². The number of nitrogens with zero attached hydrogens (tertiary/aromatic N) is 1.